The Morgan fingerprint density at radius 3 is 2.50 bits per heavy atom. The highest BCUT2D eigenvalue weighted by molar-refractivity contribution is 5.73. The molecule has 0 atom stereocenters. The number of hydrogen-bond donors (Lipinski definition) is 0. The zero-order valence-electron chi connectivity index (χ0n) is 18.3. The van der Waals surface area contributed by atoms with Gasteiger partial charge in [-0.3, -0.25) is 0 Å². The minimum Gasteiger partial charge on any atom is -0.473 e. The van der Waals surface area contributed by atoms with Gasteiger partial charge in [-0.15, -0.1) is 0 Å². The van der Waals surface area contributed by atoms with E-state index >= 15 is 0 Å². The summed E-state index contributed by atoms with van der Waals surface area (Å²) in [6.45, 7) is 5.99. The van der Waals surface area contributed by atoms with Crippen molar-refractivity contribution >= 4 is 0 Å². The van der Waals surface area contributed by atoms with Crippen LogP contribution in [-0.2, 0) is 13.7 Å². The Morgan fingerprint density at radius 2 is 1.78 bits per heavy atom. The quantitative estimate of drug-likeness (QED) is 0.485. The Hall–Kier alpha value is -4.25. The molecular formula is C24H22N6O2. The zero-order chi connectivity index (χ0) is 22.8. The maximum atomic E-state index is 12.4. The molecule has 0 fully saturated rings. The van der Waals surface area contributed by atoms with E-state index in [4.69, 9.17) is 4.74 Å². The van der Waals surface area contributed by atoms with Gasteiger partial charge in [-0.2, -0.15) is 14.6 Å². The van der Waals surface area contributed by atoms with Crippen LogP contribution in [-0.4, -0.2) is 24.8 Å². The Bertz CT molecular complexity index is 1410. The molecule has 32 heavy (non-hydrogen) atoms. The number of ether oxygens (including phenoxy) is 1. The van der Waals surface area contributed by atoms with E-state index in [0.29, 0.717) is 17.1 Å². The fourth-order valence-corrected chi connectivity index (χ4v) is 3.60. The Balaban J connectivity index is 1.68. The molecule has 0 N–H and O–H groups in total. The second kappa shape index (κ2) is 8.47. The molecule has 0 amide bonds. The van der Waals surface area contributed by atoms with Gasteiger partial charge in [0.25, 0.3) is 0 Å². The van der Waals surface area contributed by atoms with E-state index in [-0.39, 0.29) is 12.3 Å². The normalized spacial score (nSPS) is 10.7. The smallest absolute Gasteiger partial charge is 0.368 e. The van der Waals surface area contributed by atoms with Crippen molar-refractivity contribution in [3.05, 3.63) is 87.0 Å². The zero-order valence-corrected chi connectivity index (χ0v) is 18.3. The summed E-state index contributed by atoms with van der Waals surface area (Å²) in [5, 5.41) is 17.2. The molecule has 0 bridgehead atoms. The molecule has 0 saturated carbocycles. The molecule has 8 nitrogen and oxygen atoms in total. The predicted octanol–water partition coefficient (Wildman–Crippen LogP) is 3.40. The summed E-state index contributed by atoms with van der Waals surface area (Å²) in [5.41, 5.74) is 6.05. The molecule has 2 heterocycles. The second-order valence-electron chi connectivity index (χ2n) is 7.56. The molecule has 0 aliphatic carbocycles. The van der Waals surface area contributed by atoms with Gasteiger partial charge in [-0.05, 0) is 55.0 Å². The molecule has 0 saturated heterocycles. The van der Waals surface area contributed by atoms with Crippen LogP contribution in [0.5, 0.6) is 5.88 Å². The van der Waals surface area contributed by atoms with Crippen molar-refractivity contribution in [2.45, 2.75) is 27.4 Å². The number of benzene rings is 2. The van der Waals surface area contributed by atoms with E-state index in [0.717, 1.165) is 33.5 Å². The van der Waals surface area contributed by atoms with Gasteiger partial charge in [-0.25, -0.2) is 9.78 Å². The topological polar surface area (TPSA) is 98.6 Å². The van der Waals surface area contributed by atoms with Gasteiger partial charge in [0.15, 0.2) is 0 Å². The maximum Gasteiger partial charge on any atom is 0.368 e. The van der Waals surface area contributed by atoms with Crippen LogP contribution in [0.1, 0.15) is 27.9 Å². The fraction of sp³-hybridized carbons (Fsp3) is 0.208. The largest absolute Gasteiger partial charge is 0.473 e. The first-order chi connectivity index (χ1) is 15.4. The highest BCUT2D eigenvalue weighted by atomic mass is 16.5. The first kappa shape index (κ1) is 21.0. The van der Waals surface area contributed by atoms with Crippen molar-refractivity contribution in [1.29, 1.82) is 5.26 Å². The molecule has 0 spiro atoms. The van der Waals surface area contributed by atoms with Crippen LogP contribution in [0.15, 0.2) is 53.3 Å². The van der Waals surface area contributed by atoms with E-state index in [9.17, 15) is 10.1 Å². The summed E-state index contributed by atoms with van der Waals surface area (Å²) in [7, 11) is 1.56. The summed E-state index contributed by atoms with van der Waals surface area (Å²) in [6.07, 6.45) is 0. The van der Waals surface area contributed by atoms with E-state index in [2.05, 4.69) is 21.5 Å². The Kier molecular flexibility index (Phi) is 5.56. The first-order valence-corrected chi connectivity index (χ1v) is 10.1. The molecule has 2 aromatic heterocycles. The summed E-state index contributed by atoms with van der Waals surface area (Å²) in [4.78, 5) is 17.0. The molecule has 4 aromatic rings. The van der Waals surface area contributed by atoms with Crippen molar-refractivity contribution in [3.63, 3.8) is 0 Å². The van der Waals surface area contributed by atoms with Crippen LogP contribution in [0.4, 0.5) is 0 Å². The van der Waals surface area contributed by atoms with Gasteiger partial charge in [-0.1, -0.05) is 30.3 Å². The van der Waals surface area contributed by atoms with E-state index in [1.807, 2.05) is 63.2 Å². The van der Waals surface area contributed by atoms with Crippen molar-refractivity contribution in [2.24, 2.45) is 7.05 Å². The molecule has 0 radical (unpaired) electrons. The molecule has 0 aliphatic heterocycles. The van der Waals surface area contributed by atoms with Crippen molar-refractivity contribution in [2.75, 3.05) is 0 Å². The fourth-order valence-electron chi connectivity index (χ4n) is 3.60. The lowest BCUT2D eigenvalue weighted by Crippen LogP contribution is -2.23. The van der Waals surface area contributed by atoms with E-state index in [1.165, 1.54) is 9.36 Å². The lowest BCUT2D eigenvalue weighted by atomic mass is 9.98. The number of nitriles is 1. The Morgan fingerprint density at radius 1 is 1.00 bits per heavy atom. The molecule has 8 heteroatoms. The summed E-state index contributed by atoms with van der Waals surface area (Å²) in [6, 6.07) is 17.3. The highest BCUT2D eigenvalue weighted by Crippen LogP contribution is 2.30. The average molecular weight is 426 g/mol. The molecular weight excluding hydrogens is 404 g/mol. The van der Waals surface area contributed by atoms with Crippen molar-refractivity contribution in [3.8, 4) is 28.8 Å². The van der Waals surface area contributed by atoms with E-state index in [1.54, 1.807) is 13.1 Å². The lowest BCUT2D eigenvalue weighted by Gasteiger charge is -2.15. The van der Waals surface area contributed by atoms with E-state index < -0.39 is 0 Å². The van der Waals surface area contributed by atoms with Crippen LogP contribution < -0.4 is 10.4 Å². The van der Waals surface area contributed by atoms with Gasteiger partial charge < -0.3 is 4.74 Å². The summed E-state index contributed by atoms with van der Waals surface area (Å²) < 4.78 is 8.54. The number of nitrogens with zero attached hydrogens (tertiary/aromatic N) is 6. The van der Waals surface area contributed by atoms with Crippen LogP contribution in [0.2, 0.25) is 0 Å². The molecule has 4 rings (SSSR count). The minimum absolute atomic E-state index is 0.215. The molecule has 0 unspecified atom stereocenters. The number of aryl methyl sites for hydroxylation is 4. The average Bonchev–Trinajstić information content (AvgIpc) is 3.12. The summed E-state index contributed by atoms with van der Waals surface area (Å²) >= 11 is 0. The number of aromatic nitrogens is 5. The standard InChI is InChI=1S/C24H22N6O2/c1-15-8-7-11-22(30-24(31)29(4)27-28-30)21(15)14-32-23-16(2)12-20(17(3)26-23)19-10-6-5-9-18(19)13-25/h5-12H,14H2,1-4H3. The van der Waals surface area contributed by atoms with Gasteiger partial charge in [0, 0.05) is 35.0 Å². The monoisotopic (exact) mass is 426 g/mol. The van der Waals surface area contributed by atoms with Crippen molar-refractivity contribution in [1.82, 2.24) is 24.8 Å². The van der Waals surface area contributed by atoms with Crippen LogP contribution >= 0.6 is 0 Å². The molecule has 160 valence electrons. The van der Waals surface area contributed by atoms with Crippen LogP contribution in [0.3, 0.4) is 0 Å². The SMILES string of the molecule is Cc1cc(-c2ccccc2C#N)c(C)nc1OCc1c(C)cccc1-n1nnn(C)c1=O. The molecule has 0 aliphatic rings. The number of rotatable bonds is 5. The third kappa shape index (κ3) is 3.76. The van der Waals surface area contributed by atoms with Crippen molar-refractivity contribution < 1.29 is 4.74 Å². The lowest BCUT2D eigenvalue weighted by molar-refractivity contribution is 0.290. The number of pyridine rings is 1. The number of tetrazole rings is 1. The van der Waals surface area contributed by atoms with Gasteiger partial charge >= 0.3 is 5.69 Å². The second-order valence-corrected chi connectivity index (χ2v) is 7.56. The Labute approximate surface area is 185 Å². The summed E-state index contributed by atoms with van der Waals surface area (Å²) in [5.74, 6) is 0.501. The van der Waals surface area contributed by atoms with Crippen LogP contribution in [0, 0.1) is 32.1 Å². The third-order valence-corrected chi connectivity index (χ3v) is 5.38. The third-order valence-electron chi connectivity index (χ3n) is 5.38. The van der Waals surface area contributed by atoms with Gasteiger partial charge in [0.2, 0.25) is 5.88 Å². The van der Waals surface area contributed by atoms with Gasteiger partial charge in [0.05, 0.1) is 17.3 Å². The molecule has 2 aromatic carbocycles. The predicted molar refractivity (Wildman–Crippen MR) is 120 cm³/mol. The maximum absolute atomic E-state index is 12.4. The minimum atomic E-state index is -0.331. The first-order valence-electron chi connectivity index (χ1n) is 10.1. The number of hydrogen-bond acceptors (Lipinski definition) is 6. The van der Waals surface area contributed by atoms with Gasteiger partial charge in [0.1, 0.15) is 6.61 Å². The van der Waals surface area contributed by atoms with Crippen LogP contribution in [0.25, 0.3) is 16.8 Å². The highest BCUT2D eigenvalue weighted by Gasteiger charge is 2.16.